The zero-order valence-electron chi connectivity index (χ0n) is 25.9. The molecule has 6 rings (SSSR count). The lowest BCUT2D eigenvalue weighted by Gasteiger charge is -2.58. The van der Waals surface area contributed by atoms with Crippen LogP contribution in [0.3, 0.4) is 0 Å². The standard InChI is InChI=1S/C33H44O10S/c1-17(2)25-12-21-13-31(15-34)24-11-8-19(4)23(24)14-32(21,33(25,31)30(37)38)16-41-29-27(36)28(26(35)20(5)42-29)43-44(39,40)22-9-6-18(3)7-10-22/h6-7,9-10,12,15,17,19-21,23-24,26-29,35-36H,8,11,13-14,16H2,1-5H3,(H,37,38)/t19?,20-,21?,23?,24?,26-,27+,28-,29-,31?,32?,33?/m1/s1. The van der Waals surface area contributed by atoms with Gasteiger partial charge in [-0.25, -0.2) is 0 Å². The van der Waals surface area contributed by atoms with E-state index in [0.717, 1.165) is 30.3 Å². The van der Waals surface area contributed by atoms with Crippen molar-refractivity contribution in [1.82, 2.24) is 0 Å². The molecule has 0 spiro atoms. The first-order valence-electron chi connectivity index (χ1n) is 15.7. The lowest BCUT2D eigenvalue weighted by atomic mass is 9.43. The number of carbonyl (C=O) groups is 2. The first-order chi connectivity index (χ1) is 20.7. The van der Waals surface area contributed by atoms with Gasteiger partial charge in [-0.05, 0) is 74.8 Å². The first-order valence-corrected chi connectivity index (χ1v) is 17.1. The minimum absolute atomic E-state index is 0.0388. The Morgan fingerprint density at radius 2 is 1.80 bits per heavy atom. The molecule has 0 amide bonds. The van der Waals surface area contributed by atoms with Crippen LogP contribution in [0.4, 0.5) is 0 Å². The molecule has 3 N–H and O–H groups in total. The summed E-state index contributed by atoms with van der Waals surface area (Å²) in [6.45, 7) is 9.31. The number of ether oxygens (including phenoxy) is 2. The maximum absolute atomic E-state index is 13.7. The molecule has 12 atom stereocenters. The molecule has 7 unspecified atom stereocenters. The van der Waals surface area contributed by atoms with Crippen LogP contribution in [0, 0.1) is 52.8 Å². The summed E-state index contributed by atoms with van der Waals surface area (Å²) in [5.41, 5.74) is -1.90. The SMILES string of the molecule is Cc1ccc(S(=O)(=O)O[C@H]2[C@H](O)[C@H](OCC34CC5C(C)CCC5C5(C=O)CC3C=C(C(C)C)C54C(=O)O)O[C@H](C)[C@H]2O)cc1. The van der Waals surface area contributed by atoms with Gasteiger partial charge in [-0.2, -0.15) is 8.42 Å². The van der Waals surface area contributed by atoms with E-state index in [2.05, 4.69) is 13.0 Å². The van der Waals surface area contributed by atoms with Gasteiger partial charge in [-0.1, -0.05) is 56.5 Å². The molecule has 11 heteroatoms. The number of aliphatic carboxylic acids is 1. The van der Waals surface area contributed by atoms with Crippen LogP contribution in [-0.2, 0) is 33.4 Å². The van der Waals surface area contributed by atoms with Crippen molar-refractivity contribution in [2.75, 3.05) is 6.61 Å². The van der Waals surface area contributed by atoms with Gasteiger partial charge in [0.05, 0.1) is 23.0 Å². The number of rotatable bonds is 9. The molecule has 0 aromatic heterocycles. The number of allylic oxidation sites excluding steroid dienone is 1. The second-order valence-electron chi connectivity index (χ2n) is 14.3. The predicted octanol–water partition coefficient (Wildman–Crippen LogP) is 3.48. The maximum Gasteiger partial charge on any atom is 0.315 e. The van der Waals surface area contributed by atoms with E-state index in [-0.39, 0.29) is 35.2 Å². The van der Waals surface area contributed by atoms with Crippen molar-refractivity contribution < 1.29 is 47.0 Å². The van der Waals surface area contributed by atoms with Crippen LogP contribution >= 0.6 is 0 Å². The highest BCUT2D eigenvalue weighted by molar-refractivity contribution is 7.86. The summed E-state index contributed by atoms with van der Waals surface area (Å²) in [4.78, 5) is 26.8. The number of carbonyl (C=O) groups excluding carboxylic acids is 1. The number of fused-ring (bicyclic) bond motifs is 2. The number of aliphatic hydroxyl groups is 2. The summed E-state index contributed by atoms with van der Waals surface area (Å²) in [6, 6.07) is 6.01. The van der Waals surface area contributed by atoms with Crippen LogP contribution in [0.25, 0.3) is 0 Å². The van der Waals surface area contributed by atoms with E-state index in [0.29, 0.717) is 18.8 Å². The summed E-state index contributed by atoms with van der Waals surface area (Å²) in [5.74, 6) is -0.927. The van der Waals surface area contributed by atoms with E-state index in [1.54, 1.807) is 12.1 Å². The van der Waals surface area contributed by atoms with Crippen molar-refractivity contribution in [2.45, 2.75) is 95.9 Å². The number of carboxylic acids is 1. The van der Waals surface area contributed by atoms with Gasteiger partial charge in [0.15, 0.2) is 6.29 Å². The Bertz CT molecular complexity index is 1450. The van der Waals surface area contributed by atoms with E-state index >= 15 is 0 Å². The van der Waals surface area contributed by atoms with Crippen molar-refractivity contribution in [3.63, 3.8) is 0 Å². The van der Waals surface area contributed by atoms with Crippen molar-refractivity contribution >= 4 is 22.4 Å². The van der Waals surface area contributed by atoms with E-state index in [4.69, 9.17) is 13.7 Å². The fourth-order valence-electron chi connectivity index (χ4n) is 10.0. The summed E-state index contributed by atoms with van der Waals surface area (Å²) in [5, 5.41) is 33.3. The normalized spacial score (nSPS) is 44.5. The van der Waals surface area contributed by atoms with E-state index in [1.165, 1.54) is 19.1 Å². The predicted molar refractivity (Wildman–Crippen MR) is 158 cm³/mol. The van der Waals surface area contributed by atoms with Crippen molar-refractivity contribution in [2.24, 2.45) is 45.8 Å². The lowest BCUT2D eigenvalue weighted by molar-refractivity contribution is -0.299. The molecule has 44 heavy (non-hydrogen) atoms. The quantitative estimate of drug-likeness (QED) is 0.209. The summed E-state index contributed by atoms with van der Waals surface area (Å²) >= 11 is 0. The Hall–Kier alpha value is -2.15. The third-order valence-electron chi connectivity index (χ3n) is 12.0. The third kappa shape index (κ3) is 4.12. The fourth-order valence-corrected chi connectivity index (χ4v) is 11.1. The molecular formula is C33H44O10S. The minimum atomic E-state index is -4.36. The van der Waals surface area contributed by atoms with E-state index in [9.17, 15) is 33.3 Å². The molecule has 1 aromatic rings. The van der Waals surface area contributed by atoms with Gasteiger partial charge in [0, 0.05) is 5.41 Å². The van der Waals surface area contributed by atoms with Gasteiger partial charge in [-0.3, -0.25) is 8.98 Å². The maximum atomic E-state index is 13.7. The molecule has 1 aliphatic heterocycles. The van der Waals surface area contributed by atoms with Crippen molar-refractivity contribution in [1.29, 1.82) is 0 Å². The van der Waals surface area contributed by atoms with Crippen LogP contribution in [0.1, 0.15) is 58.9 Å². The van der Waals surface area contributed by atoms with Crippen molar-refractivity contribution in [3.05, 3.63) is 41.5 Å². The van der Waals surface area contributed by atoms with Gasteiger partial charge < -0.3 is 29.6 Å². The van der Waals surface area contributed by atoms with Crippen LogP contribution in [-0.4, -0.2) is 73.3 Å². The van der Waals surface area contributed by atoms with Crippen LogP contribution in [0.2, 0.25) is 0 Å². The molecule has 1 heterocycles. The molecule has 3 saturated carbocycles. The molecule has 4 bridgehead atoms. The summed E-state index contributed by atoms with van der Waals surface area (Å²) in [7, 11) is -4.36. The first kappa shape index (κ1) is 31.8. The Labute approximate surface area is 258 Å². The number of aliphatic hydroxyl groups excluding tert-OH is 2. The monoisotopic (exact) mass is 632 g/mol. The molecule has 4 fully saturated rings. The largest absolute Gasteiger partial charge is 0.481 e. The highest BCUT2D eigenvalue weighted by atomic mass is 32.2. The van der Waals surface area contributed by atoms with E-state index in [1.807, 2.05) is 20.8 Å². The fraction of sp³-hybridized carbons (Fsp3) is 0.697. The zero-order chi connectivity index (χ0) is 32.0. The Balaban J connectivity index is 1.33. The van der Waals surface area contributed by atoms with Crippen molar-refractivity contribution in [3.8, 4) is 0 Å². The van der Waals surface area contributed by atoms with Gasteiger partial charge in [0.25, 0.3) is 10.1 Å². The smallest absolute Gasteiger partial charge is 0.315 e. The minimum Gasteiger partial charge on any atom is -0.481 e. The number of aldehydes is 1. The highest BCUT2D eigenvalue weighted by Gasteiger charge is 2.84. The molecule has 1 saturated heterocycles. The average Bonchev–Trinajstić information content (AvgIpc) is 3.54. The molecule has 242 valence electrons. The van der Waals surface area contributed by atoms with Gasteiger partial charge in [0.1, 0.15) is 30.0 Å². The number of benzene rings is 1. The molecular weight excluding hydrogens is 588 g/mol. The van der Waals surface area contributed by atoms with Gasteiger partial charge in [0.2, 0.25) is 0 Å². The average molecular weight is 633 g/mol. The molecule has 5 aliphatic rings. The zero-order valence-corrected chi connectivity index (χ0v) is 26.7. The van der Waals surface area contributed by atoms with Crippen LogP contribution in [0.5, 0.6) is 0 Å². The second-order valence-corrected chi connectivity index (χ2v) is 15.9. The second kappa shape index (κ2) is 10.7. The van der Waals surface area contributed by atoms with Crippen LogP contribution < -0.4 is 0 Å². The number of aryl methyl sites for hydroxylation is 1. The summed E-state index contributed by atoms with van der Waals surface area (Å²) < 4.78 is 43.8. The molecule has 1 aromatic carbocycles. The Morgan fingerprint density at radius 3 is 2.41 bits per heavy atom. The number of hydrogen-bond donors (Lipinski definition) is 3. The molecule has 4 aliphatic carbocycles. The van der Waals surface area contributed by atoms with E-state index < -0.39 is 63.0 Å². The highest BCUT2D eigenvalue weighted by Crippen LogP contribution is 2.82. The Kier molecular flexibility index (Phi) is 7.74. The number of hydrogen-bond acceptors (Lipinski definition) is 9. The lowest BCUT2D eigenvalue weighted by Crippen LogP contribution is -2.64. The Morgan fingerprint density at radius 1 is 1.11 bits per heavy atom. The number of carboxylic acid groups (broad SMARTS) is 1. The summed E-state index contributed by atoms with van der Waals surface area (Å²) in [6.07, 6.45) is -1.43. The van der Waals surface area contributed by atoms with Gasteiger partial charge in [-0.15, -0.1) is 0 Å². The molecule has 10 nitrogen and oxygen atoms in total. The van der Waals surface area contributed by atoms with Gasteiger partial charge >= 0.3 is 5.97 Å². The molecule has 0 radical (unpaired) electrons. The topological polar surface area (TPSA) is 157 Å². The third-order valence-corrected chi connectivity index (χ3v) is 13.3. The van der Waals surface area contributed by atoms with Crippen LogP contribution in [0.15, 0.2) is 40.8 Å².